The number of hydrogen-bond acceptors (Lipinski definition) is 8. The van der Waals surface area contributed by atoms with Crippen LogP contribution in [0.4, 0.5) is 5.69 Å². The molecular formula is C25H35NO7. The molecule has 1 aliphatic rings. The van der Waals surface area contributed by atoms with Crippen LogP contribution < -0.4 is 28.7 Å². The maximum Gasteiger partial charge on any atom is 0.203 e. The molecule has 3 rings (SSSR count). The van der Waals surface area contributed by atoms with E-state index in [1.54, 1.807) is 28.4 Å². The van der Waals surface area contributed by atoms with Crippen molar-refractivity contribution in [2.75, 3.05) is 46.7 Å². The van der Waals surface area contributed by atoms with E-state index in [0.717, 1.165) is 30.4 Å². The number of nitrogens with zero attached hydrogens (tertiary/aromatic N) is 1. The van der Waals surface area contributed by atoms with Gasteiger partial charge in [0.05, 0.1) is 47.3 Å². The van der Waals surface area contributed by atoms with Crippen molar-refractivity contribution in [2.45, 2.75) is 45.3 Å². The van der Waals surface area contributed by atoms with Gasteiger partial charge in [-0.2, -0.15) is 0 Å². The van der Waals surface area contributed by atoms with Crippen molar-refractivity contribution in [3.05, 3.63) is 35.4 Å². The highest BCUT2D eigenvalue weighted by Gasteiger charge is 2.31. The summed E-state index contributed by atoms with van der Waals surface area (Å²) in [5.41, 5.74) is 2.45. The summed E-state index contributed by atoms with van der Waals surface area (Å²) in [6, 6.07) is 7.70. The summed E-state index contributed by atoms with van der Waals surface area (Å²) < 4.78 is 34.4. The second-order valence-corrected chi connectivity index (χ2v) is 7.79. The van der Waals surface area contributed by atoms with Gasteiger partial charge in [0.2, 0.25) is 5.75 Å². The zero-order valence-electron chi connectivity index (χ0n) is 20.3. The lowest BCUT2D eigenvalue weighted by atomic mass is 10.0. The average Bonchev–Trinajstić information content (AvgIpc) is 3.35. The number of ether oxygens (including phenoxy) is 6. The molecule has 182 valence electrons. The molecule has 0 aromatic heterocycles. The number of hydrogen-bond donors (Lipinski definition) is 1. The van der Waals surface area contributed by atoms with Crippen molar-refractivity contribution in [3.8, 4) is 28.7 Å². The van der Waals surface area contributed by atoms with Gasteiger partial charge in [-0.25, -0.2) is 0 Å². The van der Waals surface area contributed by atoms with Crippen molar-refractivity contribution in [1.29, 1.82) is 0 Å². The van der Waals surface area contributed by atoms with Crippen molar-refractivity contribution < 1.29 is 33.6 Å². The highest BCUT2D eigenvalue weighted by atomic mass is 16.5. The lowest BCUT2D eigenvalue weighted by Crippen LogP contribution is -2.19. The lowest BCUT2D eigenvalue weighted by molar-refractivity contribution is 0.0436. The Hall–Kier alpha value is -2.84. The number of hydroxylamine groups is 1. The van der Waals surface area contributed by atoms with Gasteiger partial charge in [0, 0.05) is 6.54 Å². The minimum atomic E-state index is -0.160. The Labute approximate surface area is 195 Å². The molecule has 1 saturated heterocycles. The molecule has 1 fully saturated rings. The van der Waals surface area contributed by atoms with Gasteiger partial charge in [0.15, 0.2) is 23.0 Å². The van der Waals surface area contributed by atoms with E-state index in [-0.39, 0.29) is 12.2 Å². The smallest absolute Gasteiger partial charge is 0.203 e. The minimum absolute atomic E-state index is 0.134. The first-order valence-electron chi connectivity index (χ1n) is 11.3. The van der Waals surface area contributed by atoms with Crippen molar-refractivity contribution >= 4 is 5.69 Å². The van der Waals surface area contributed by atoms with Crippen LogP contribution in [0.3, 0.4) is 0 Å². The monoisotopic (exact) mass is 461 g/mol. The van der Waals surface area contributed by atoms with Crippen LogP contribution in [-0.2, 0) is 4.74 Å². The molecule has 8 heteroatoms. The van der Waals surface area contributed by atoms with Gasteiger partial charge in [-0.15, -0.1) is 0 Å². The zero-order chi connectivity index (χ0) is 24.0. The van der Waals surface area contributed by atoms with E-state index in [1.165, 1.54) is 5.06 Å². The summed E-state index contributed by atoms with van der Waals surface area (Å²) in [7, 11) is 6.39. The first-order chi connectivity index (χ1) is 16.0. The molecule has 1 heterocycles. The van der Waals surface area contributed by atoms with E-state index in [1.807, 2.05) is 38.1 Å². The molecule has 0 saturated carbocycles. The summed E-state index contributed by atoms with van der Waals surface area (Å²) in [6.07, 6.45) is 2.20. The van der Waals surface area contributed by atoms with Crippen LogP contribution in [0.15, 0.2) is 24.3 Å². The SMILES string of the molecule is CCCOc1c(OC)cc([C@@H]2CC[C@@H](c3cc(OC)c(OC)c(OC)c3)O2)cc1N(O)CC. The summed E-state index contributed by atoms with van der Waals surface area (Å²) in [4.78, 5) is 0. The molecule has 1 aliphatic heterocycles. The largest absolute Gasteiger partial charge is 0.493 e. The number of rotatable bonds is 11. The van der Waals surface area contributed by atoms with E-state index in [9.17, 15) is 5.21 Å². The van der Waals surface area contributed by atoms with E-state index in [0.29, 0.717) is 47.6 Å². The Kier molecular flexibility index (Phi) is 8.52. The van der Waals surface area contributed by atoms with Gasteiger partial charge in [0.25, 0.3) is 0 Å². The quantitative estimate of drug-likeness (QED) is 0.451. The van der Waals surface area contributed by atoms with Gasteiger partial charge in [-0.05, 0) is 61.6 Å². The van der Waals surface area contributed by atoms with Crippen LogP contribution in [0.5, 0.6) is 28.7 Å². The summed E-state index contributed by atoms with van der Waals surface area (Å²) in [5.74, 6) is 2.85. The fraction of sp³-hybridized carbons (Fsp3) is 0.520. The van der Waals surface area contributed by atoms with Gasteiger partial charge >= 0.3 is 0 Å². The predicted molar refractivity (Wildman–Crippen MR) is 125 cm³/mol. The number of benzene rings is 2. The topological polar surface area (TPSA) is 78.9 Å². The van der Waals surface area contributed by atoms with Gasteiger partial charge in [-0.1, -0.05) is 6.92 Å². The predicted octanol–water partition coefficient (Wildman–Crippen LogP) is 5.32. The standard InChI is InChI=1S/C25H35NO7/c1-7-11-32-24-18(26(27)8-2)12-16(13-21(24)28-3)19-9-10-20(33-19)17-14-22(29-4)25(31-6)23(15-17)30-5/h12-15,19-20,27H,7-11H2,1-6H3/t19-,20-/m0/s1. The third kappa shape index (κ3) is 5.23. The highest BCUT2D eigenvalue weighted by molar-refractivity contribution is 5.65. The van der Waals surface area contributed by atoms with Gasteiger partial charge in [0.1, 0.15) is 5.69 Å². The van der Waals surface area contributed by atoms with Gasteiger partial charge < -0.3 is 28.4 Å². The van der Waals surface area contributed by atoms with Crippen LogP contribution >= 0.6 is 0 Å². The fourth-order valence-corrected chi connectivity index (χ4v) is 4.07. The van der Waals surface area contributed by atoms with Crippen molar-refractivity contribution in [3.63, 3.8) is 0 Å². The summed E-state index contributed by atoms with van der Waals surface area (Å²) >= 11 is 0. The van der Waals surface area contributed by atoms with Crippen molar-refractivity contribution in [2.24, 2.45) is 0 Å². The second-order valence-electron chi connectivity index (χ2n) is 7.79. The molecule has 8 nitrogen and oxygen atoms in total. The van der Waals surface area contributed by atoms with Crippen LogP contribution in [0.1, 0.15) is 56.4 Å². The molecule has 2 aromatic carbocycles. The van der Waals surface area contributed by atoms with E-state index >= 15 is 0 Å². The molecule has 2 atom stereocenters. The summed E-state index contributed by atoms with van der Waals surface area (Å²) in [5, 5.41) is 11.7. The van der Waals surface area contributed by atoms with Crippen LogP contribution in [-0.4, -0.2) is 46.8 Å². The molecular weight excluding hydrogens is 426 g/mol. The first-order valence-corrected chi connectivity index (χ1v) is 11.3. The zero-order valence-corrected chi connectivity index (χ0v) is 20.3. The first kappa shape index (κ1) is 24.8. The maximum absolute atomic E-state index is 10.5. The number of methoxy groups -OCH3 is 4. The van der Waals surface area contributed by atoms with E-state index < -0.39 is 0 Å². The average molecular weight is 462 g/mol. The van der Waals surface area contributed by atoms with E-state index in [4.69, 9.17) is 28.4 Å². The third-order valence-electron chi connectivity index (χ3n) is 5.76. The maximum atomic E-state index is 10.5. The molecule has 0 unspecified atom stereocenters. The Balaban J connectivity index is 1.92. The molecule has 0 bridgehead atoms. The highest BCUT2D eigenvalue weighted by Crippen LogP contribution is 2.48. The molecule has 2 aromatic rings. The molecule has 33 heavy (non-hydrogen) atoms. The Morgan fingerprint density at radius 1 is 0.818 bits per heavy atom. The Morgan fingerprint density at radius 3 is 1.79 bits per heavy atom. The molecule has 0 radical (unpaired) electrons. The summed E-state index contributed by atoms with van der Waals surface area (Å²) in [6.45, 7) is 4.85. The molecule has 0 aliphatic carbocycles. The Morgan fingerprint density at radius 2 is 1.33 bits per heavy atom. The minimum Gasteiger partial charge on any atom is -0.493 e. The molecule has 1 N–H and O–H groups in total. The van der Waals surface area contributed by atoms with Crippen LogP contribution in [0, 0.1) is 0 Å². The molecule has 0 amide bonds. The number of anilines is 1. The van der Waals surface area contributed by atoms with Gasteiger partial charge in [-0.3, -0.25) is 10.3 Å². The van der Waals surface area contributed by atoms with Crippen LogP contribution in [0.25, 0.3) is 0 Å². The Bertz CT molecular complexity index is 908. The lowest BCUT2D eigenvalue weighted by Gasteiger charge is -2.24. The second kappa shape index (κ2) is 11.3. The normalized spacial score (nSPS) is 17.5. The third-order valence-corrected chi connectivity index (χ3v) is 5.76. The van der Waals surface area contributed by atoms with E-state index in [2.05, 4.69) is 0 Å². The molecule has 0 spiro atoms. The van der Waals surface area contributed by atoms with Crippen LogP contribution in [0.2, 0.25) is 0 Å². The van der Waals surface area contributed by atoms with Crippen molar-refractivity contribution in [1.82, 2.24) is 0 Å². The fourth-order valence-electron chi connectivity index (χ4n) is 4.07.